The molecule has 1 fully saturated rings. The molecule has 0 saturated carbocycles. The van der Waals surface area contributed by atoms with Gasteiger partial charge in [0, 0.05) is 25.3 Å². The van der Waals surface area contributed by atoms with Crippen LogP contribution < -0.4 is 11.1 Å². The normalized spacial score (nSPS) is 17.5. The zero-order chi connectivity index (χ0) is 16.6. The lowest BCUT2D eigenvalue weighted by atomic mass is 10.2. The van der Waals surface area contributed by atoms with Gasteiger partial charge in [-0.05, 0) is 25.0 Å². The summed E-state index contributed by atoms with van der Waals surface area (Å²) in [5, 5.41) is 2.75. The first-order valence-electron chi connectivity index (χ1n) is 7.26. The Balaban J connectivity index is 1.80. The van der Waals surface area contributed by atoms with E-state index in [1.165, 1.54) is 16.6 Å². The van der Waals surface area contributed by atoms with E-state index >= 15 is 0 Å². The van der Waals surface area contributed by atoms with Crippen LogP contribution in [0, 0.1) is 0 Å². The van der Waals surface area contributed by atoms with E-state index in [1.807, 2.05) is 0 Å². The number of benzene rings is 1. The maximum atomic E-state index is 12.4. The van der Waals surface area contributed by atoms with Gasteiger partial charge in [0.2, 0.25) is 5.91 Å². The van der Waals surface area contributed by atoms with Gasteiger partial charge in [-0.25, -0.2) is 9.59 Å². The number of hydrogen-bond acceptors (Lipinski definition) is 5. The number of carbonyl (C=O) groups is 2. The molecular weight excluding hydrogens is 302 g/mol. The molecule has 1 aliphatic heterocycles. The van der Waals surface area contributed by atoms with Crippen molar-refractivity contribution in [2.45, 2.75) is 18.9 Å². The quantitative estimate of drug-likeness (QED) is 0.900. The molecule has 0 radical (unpaired) electrons. The minimum atomic E-state index is -0.555. The van der Waals surface area contributed by atoms with Gasteiger partial charge in [0.25, 0.3) is 0 Å². The van der Waals surface area contributed by atoms with Crippen LogP contribution in [0.4, 0.5) is 10.5 Å². The van der Waals surface area contributed by atoms with Crippen LogP contribution >= 0.6 is 0 Å². The molecule has 1 aliphatic rings. The van der Waals surface area contributed by atoms with E-state index in [9.17, 15) is 14.4 Å². The zero-order valence-corrected chi connectivity index (χ0v) is 12.9. The van der Waals surface area contributed by atoms with E-state index in [0.717, 1.165) is 6.42 Å². The van der Waals surface area contributed by atoms with Crippen LogP contribution in [0.25, 0.3) is 11.1 Å². The van der Waals surface area contributed by atoms with Gasteiger partial charge in [-0.1, -0.05) is 0 Å². The van der Waals surface area contributed by atoms with Crippen molar-refractivity contribution < 1.29 is 18.7 Å². The first-order valence-corrected chi connectivity index (χ1v) is 7.26. The maximum Gasteiger partial charge on any atom is 0.419 e. The smallest absolute Gasteiger partial charge is 0.419 e. The first kappa shape index (κ1) is 15.1. The van der Waals surface area contributed by atoms with E-state index in [-0.39, 0.29) is 5.91 Å². The second-order valence-corrected chi connectivity index (χ2v) is 5.42. The van der Waals surface area contributed by atoms with Crippen LogP contribution in [0.1, 0.15) is 12.8 Å². The molecule has 1 aromatic heterocycles. The van der Waals surface area contributed by atoms with Crippen LogP contribution in [-0.4, -0.2) is 41.2 Å². The average Bonchev–Trinajstić information content (AvgIpc) is 3.12. The SMILES string of the molecule is COC(=O)N1CCCC1C(=O)Nc1ccc2c(c1)oc(=O)n2C. The molecule has 8 nitrogen and oxygen atoms in total. The predicted octanol–water partition coefficient (Wildman–Crippen LogP) is 1.30. The molecule has 3 rings (SSSR count). The number of fused-ring (bicyclic) bond motifs is 1. The Morgan fingerprint density at radius 1 is 1.39 bits per heavy atom. The summed E-state index contributed by atoms with van der Waals surface area (Å²) in [7, 11) is 2.90. The average molecular weight is 319 g/mol. The highest BCUT2D eigenvalue weighted by Crippen LogP contribution is 2.22. The van der Waals surface area contributed by atoms with Gasteiger partial charge >= 0.3 is 11.8 Å². The van der Waals surface area contributed by atoms with E-state index in [4.69, 9.17) is 9.15 Å². The fraction of sp³-hybridized carbons (Fsp3) is 0.400. The Morgan fingerprint density at radius 2 is 2.17 bits per heavy atom. The standard InChI is InChI=1S/C15H17N3O5/c1-17-10-6-5-9(8-12(10)23-14(17)20)16-13(19)11-4-3-7-18(11)15(21)22-2/h5-6,8,11H,3-4,7H2,1-2H3,(H,16,19). The monoisotopic (exact) mass is 319 g/mol. The van der Waals surface area contributed by atoms with Gasteiger partial charge in [-0.15, -0.1) is 0 Å². The molecule has 0 aliphatic carbocycles. The number of oxazole rings is 1. The van der Waals surface area contributed by atoms with Crippen LogP contribution in [0.3, 0.4) is 0 Å². The van der Waals surface area contributed by atoms with Crippen molar-refractivity contribution in [3.63, 3.8) is 0 Å². The van der Waals surface area contributed by atoms with Crippen LogP contribution in [-0.2, 0) is 16.6 Å². The minimum absolute atomic E-state index is 0.287. The summed E-state index contributed by atoms with van der Waals surface area (Å²) in [5.41, 5.74) is 1.55. The summed E-state index contributed by atoms with van der Waals surface area (Å²) in [6.45, 7) is 0.497. The molecule has 2 aromatic rings. The molecule has 8 heteroatoms. The summed E-state index contributed by atoms with van der Waals surface area (Å²) in [5.74, 6) is -0.748. The Bertz CT molecular complexity index is 822. The van der Waals surface area contributed by atoms with E-state index < -0.39 is 17.9 Å². The third kappa shape index (κ3) is 2.67. The summed E-state index contributed by atoms with van der Waals surface area (Å²) in [6, 6.07) is 4.42. The Kier molecular flexibility index (Phi) is 3.81. The molecule has 2 amide bonds. The van der Waals surface area contributed by atoms with Gasteiger partial charge in [0.1, 0.15) is 6.04 Å². The van der Waals surface area contributed by atoms with Crippen molar-refractivity contribution in [2.75, 3.05) is 19.0 Å². The third-order valence-electron chi connectivity index (χ3n) is 4.02. The number of ether oxygens (including phenoxy) is 1. The lowest BCUT2D eigenvalue weighted by Gasteiger charge is -2.22. The number of nitrogens with one attached hydrogen (secondary N) is 1. The second-order valence-electron chi connectivity index (χ2n) is 5.42. The molecule has 1 N–H and O–H groups in total. The number of anilines is 1. The molecule has 23 heavy (non-hydrogen) atoms. The first-order chi connectivity index (χ1) is 11.0. The molecule has 122 valence electrons. The third-order valence-corrected chi connectivity index (χ3v) is 4.02. The number of aromatic nitrogens is 1. The molecule has 1 atom stereocenters. The number of amides is 2. The van der Waals surface area contributed by atoms with E-state index in [1.54, 1.807) is 25.2 Å². The predicted molar refractivity (Wildman–Crippen MR) is 82.2 cm³/mol. The molecule has 1 unspecified atom stereocenters. The van der Waals surface area contributed by atoms with Gasteiger partial charge < -0.3 is 14.5 Å². The van der Waals surface area contributed by atoms with Gasteiger partial charge in [-0.2, -0.15) is 0 Å². The second kappa shape index (κ2) is 5.79. The molecular formula is C15H17N3O5. The van der Waals surface area contributed by atoms with Crippen molar-refractivity contribution in [3.05, 3.63) is 28.7 Å². The molecule has 0 bridgehead atoms. The summed E-state index contributed by atoms with van der Waals surface area (Å²) in [6.07, 6.45) is 0.829. The summed E-state index contributed by atoms with van der Waals surface area (Å²) < 4.78 is 11.2. The minimum Gasteiger partial charge on any atom is -0.453 e. The van der Waals surface area contributed by atoms with Crippen molar-refractivity contribution in [2.24, 2.45) is 7.05 Å². The van der Waals surface area contributed by atoms with E-state index in [0.29, 0.717) is 29.8 Å². The number of hydrogen-bond donors (Lipinski definition) is 1. The Morgan fingerprint density at radius 3 is 2.91 bits per heavy atom. The topological polar surface area (TPSA) is 93.8 Å². The summed E-state index contributed by atoms with van der Waals surface area (Å²) in [4.78, 5) is 37.0. The molecule has 0 spiro atoms. The lowest BCUT2D eigenvalue weighted by Crippen LogP contribution is -2.43. The van der Waals surface area contributed by atoms with Crippen molar-refractivity contribution in [3.8, 4) is 0 Å². The van der Waals surface area contributed by atoms with Crippen molar-refractivity contribution >= 4 is 28.8 Å². The lowest BCUT2D eigenvalue weighted by molar-refractivity contribution is -0.119. The van der Waals surface area contributed by atoms with Gasteiger partial charge in [-0.3, -0.25) is 14.3 Å². The van der Waals surface area contributed by atoms with Gasteiger partial charge in [0.15, 0.2) is 5.58 Å². The highest BCUT2D eigenvalue weighted by atomic mass is 16.5. The van der Waals surface area contributed by atoms with Gasteiger partial charge in [0.05, 0.1) is 12.6 Å². The summed E-state index contributed by atoms with van der Waals surface area (Å²) >= 11 is 0. The van der Waals surface area contributed by atoms with Crippen molar-refractivity contribution in [1.82, 2.24) is 9.47 Å². The number of carbonyl (C=O) groups excluding carboxylic acids is 2. The number of likely N-dealkylation sites (tertiary alicyclic amines) is 1. The highest BCUT2D eigenvalue weighted by Gasteiger charge is 2.34. The fourth-order valence-electron chi connectivity index (χ4n) is 2.81. The van der Waals surface area contributed by atoms with Crippen LogP contribution in [0.2, 0.25) is 0 Å². The Labute approximate surface area is 131 Å². The van der Waals surface area contributed by atoms with E-state index in [2.05, 4.69) is 5.32 Å². The largest absolute Gasteiger partial charge is 0.453 e. The maximum absolute atomic E-state index is 12.4. The molecule has 1 aromatic carbocycles. The molecule has 1 saturated heterocycles. The number of nitrogens with zero attached hydrogens (tertiary/aromatic N) is 2. The number of methoxy groups -OCH3 is 1. The van der Waals surface area contributed by atoms with Crippen LogP contribution in [0.5, 0.6) is 0 Å². The highest BCUT2D eigenvalue weighted by molar-refractivity contribution is 5.98. The number of rotatable bonds is 2. The Hall–Kier alpha value is -2.77. The van der Waals surface area contributed by atoms with Crippen molar-refractivity contribution in [1.29, 1.82) is 0 Å². The molecule has 2 heterocycles. The fourth-order valence-corrected chi connectivity index (χ4v) is 2.81. The van der Waals surface area contributed by atoms with Crippen LogP contribution in [0.15, 0.2) is 27.4 Å². The zero-order valence-electron chi connectivity index (χ0n) is 12.9. The number of aryl methyl sites for hydroxylation is 1.